The largest absolute Gasteiger partial charge is 0.477 e. The van der Waals surface area contributed by atoms with Crippen LogP contribution < -0.4 is 5.32 Å². The lowest BCUT2D eigenvalue weighted by atomic mass is 10.2. The van der Waals surface area contributed by atoms with Crippen molar-refractivity contribution in [2.45, 2.75) is 6.92 Å². The van der Waals surface area contributed by atoms with E-state index < -0.39 is 11.9 Å². The molecule has 20 heavy (non-hydrogen) atoms. The molecule has 2 N–H and O–H groups in total. The van der Waals surface area contributed by atoms with Crippen LogP contribution >= 0.6 is 15.9 Å². The third-order valence-corrected chi connectivity index (χ3v) is 3.23. The summed E-state index contributed by atoms with van der Waals surface area (Å²) in [6, 6.07) is 9.77. The van der Waals surface area contributed by atoms with Crippen LogP contribution in [0.3, 0.4) is 0 Å². The second-order valence-corrected chi connectivity index (χ2v) is 5.00. The van der Waals surface area contributed by atoms with Crippen molar-refractivity contribution in [2.75, 3.05) is 5.32 Å². The van der Waals surface area contributed by atoms with Crippen molar-refractivity contribution in [3.63, 3.8) is 0 Å². The maximum Gasteiger partial charge on any atom is 0.354 e. The summed E-state index contributed by atoms with van der Waals surface area (Å²) in [6.07, 6.45) is 0. The molecule has 0 bridgehead atoms. The molecule has 0 spiro atoms. The first-order valence-electron chi connectivity index (χ1n) is 5.75. The van der Waals surface area contributed by atoms with Gasteiger partial charge in [0.15, 0.2) is 0 Å². The van der Waals surface area contributed by atoms with E-state index in [1.54, 1.807) is 6.07 Å². The second kappa shape index (κ2) is 5.83. The lowest BCUT2D eigenvalue weighted by Gasteiger charge is -2.08. The maximum absolute atomic E-state index is 12.0. The quantitative estimate of drug-likeness (QED) is 0.903. The van der Waals surface area contributed by atoms with Gasteiger partial charge in [-0.3, -0.25) is 4.79 Å². The molecule has 1 aromatic carbocycles. The Labute approximate surface area is 123 Å². The molecule has 2 aromatic rings. The minimum atomic E-state index is -1.17. The zero-order valence-electron chi connectivity index (χ0n) is 10.6. The molecule has 0 aliphatic carbocycles. The van der Waals surface area contributed by atoms with Crippen LogP contribution in [0.2, 0.25) is 0 Å². The molecule has 102 valence electrons. The third kappa shape index (κ3) is 3.21. The van der Waals surface area contributed by atoms with Crippen molar-refractivity contribution >= 4 is 33.5 Å². The standard InChI is InChI=1S/C14H11BrN2O3/c1-8-5-6-10(9(15)7-8)17-13(18)11-3-2-4-12(16-11)14(19)20/h2-7H,1H3,(H,17,18)(H,19,20). The number of nitrogens with zero attached hydrogens (tertiary/aromatic N) is 1. The fraction of sp³-hybridized carbons (Fsp3) is 0.0714. The number of halogens is 1. The van der Waals surface area contributed by atoms with Gasteiger partial charge in [-0.05, 0) is 52.7 Å². The monoisotopic (exact) mass is 334 g/mol. The van der Waals surface area contributed by atoms with Crippen LogP contribution in [0, 0.1) is 6.92 Å². The minimum absolute atomic E-state index is 0.0531. The lowest BCUT2D eigenvalue weighted by Crippen LogP contribution is -2.15. The van der Waals surface area contributed by atoms with Crippen molar-refractivity contribution < 1.29 is 14.7 Å². The summed E-state index contributed by atoms with van der Waals surface area (Å²) < 4.78 is 0.750. The van der Waals surface area contributed by atoms with E-state index in [0.29, 0.717) is 5.69 Å². The molecule has 2 rings (SSSR count). The van der Waals surface area contributed by atoms with Gasteiger partial charge in [0.25, 0.3) is 5.91 Å². The summed E-state index contributed by atoms with van der Waals surface area (Å²) >= 11 is 3.36. The van der Waals surface area contributed by atoms with Gasteiger partial charge in [0.2, 0.25) is 0 Å². The van der Waals surface area contributed by atoms with Crippen LogP contribution in [0.5, 0.6) is 0 Å². The number of amides is 1. The highest BCUT2D eigenvalue weighted by atomic mass is 79.9. The highest BCUT2D eigenvalue weighted by molar-refractivity contribution is 9.10. The molecule has 0 atom stereocenters. The first-order chi connectivity index (χ1) is 9.47. The average Bonchev–Trinajstić information content (AvgIpc) is 2.42. The number of carboxylic acid groups (broad SMARTS) is 1. The SMILES string of the molecule is Cc1ccc(NC(=O)c2cccc(C(=O)O)n2)c(Br)c1. The number of hydrogen-bond donors (Lipinski definition) is 2. The Kier molecular flexibility index (Phi) is 4.14. The third-order valence-electron chi connectivity index (χ3n) is 2.57. The molecule has 1 heterocycles. The van der Waals surface area contributed by atoms with Gasteiger partial charge in [0.05, 0.1) is 5.69 Å². The molecule has 0 saturated carbocycles. The molecule has 0 fully saturated rings. The fourth-order valence-electron chi connectivity index (χ4n) is 1.59. The Morgan fingerprint density at radius 1 is 1.20 bits per heavy atom. The Balaban J connectivity index is 2.24. The topological polar surface area (TPSA) is 79.3 Å². The normalized spacial score (nSPS) is 10.1. The van der Waals surface area contributed by atoms with Gasteiger partial charge in [0, 0.05) is 4.47 Å². The fourth-order valence-corrected chi connectivity index (χ4v) is 2.18. The van der Waals surface area contributed by atoms with E-state index >= 15 is 0 Å². The lowest BCUT2D eigenvalue weighted by molar-refractivity contribution is 0.0690. The van der Waals surface area contributed by atoms with Gasteiger partial charge < -0.3 is 10.4 Å². The summed E-state index contributed by atoms with van der Waals surface area (Å²) in [5.74, 6) is -1.63. The minimum Gasteiger partial charge on any atom is -0.477 e. The number of aromatic nitrogens is 1. The number of pyridine rings is 1. The molecule has 1 amide bonds. The van der Waals surface area contributed by atoms with Crippen molar-refractivity contribution in [1.29, 1.82) is 0 Å². The number of carbonyl (C=O) groups is 2. The number of carbonyl (C=O) groups excluding carboxylic acids is 1. The van der Waals surface area contributed by atoms with Crippen LogP contribution in [0.1, 0.15) is 26.5 Å². The van der Waals surface area contributed by atoms with Gasteiger partial charge in [0.1, 0.15) is 11.4 Å². The molecule has 0 radical (unpaired) electrons. The van der Waals surface area contributed by atoms with Crippen LogP contribution in [-0.2, 0) is 0 Å². The second-order valence-electron chi connectivity index (χ2n) is 4.15. The van der Waals surface area contributed by atoms with E-state index in [-0.39, 0.29) is 11.4 Å². The van der Waals surface area contributed by atoms with Crippen LogP contribution in [0.25, 0.3) is 0 Å². The Morgan fingerprint density at radius 2 is 1.90 bits per heavy atom. The average molecular weight is 335 g/mol. The number of aryl methyl sites for hydroxylation is 1. The van der Waals surface area contributed by atoms with E-state index in [4.69, 9.17) is 5.11 Å². The first kappa shape index (κ1) is 14.2. The summed E-state index contributed by atoms with van der Waals surface area (Å²) in [5, 5.41) is 11.5. The van der Waals surface area contributed by atoms with E-state index in [2.05, 4.69) is 26.2 Å². The maximum atomic E-state index is 12.0. The highest BCUT2D eigenvalue weighted by Crippen LogP contribution is 2.23. The summed E-state index contributed by atoms with van der Waals surface area (Å²) in [7, 11) is 0. The molecular formula is C14H11BrN2O3. The number of nitrogens with one attached hydrogen (secondary N) is 1. The molecule has 0 saturated heterocycles. The molecule has 1 aromatic heterocycles. The number of rotatable bonds is 3. The predicted octanol–water partition coefficient (Wildman–Crippen LogP) is 3.10. The molecule has 0 aliphatic heterocycles. The van der Waals surface area contributed by atoms with E-state index in [0.717, 1.165) is 10.0 Å². The zero-order valence-corrected chi connectivity index (χ0v) is 12.1. The smallest absolute Gasteiger partial charge is 0.354 e. The van der Waals surface area contributed by atoms with Crippen LogP contribution in [0.15, 0.2) is 40.9 Å². The van der Waals surface area contributed by atoms with Crippen molar-refractivity contribution in [2.24, 2.45) is 0 Å². The van der Waals surface area contributed by atoms with Gasteiger partial charge in [-0.2, -0.15) is 0 Å². The van der Waals surface area contributed by atoms with Crippen molar-refractivity contribution in [1.82, 2.24) is 4.98 Å². The van der Waals surface area contributed by atoms with E-state index in [1.807, 2.05) is 19.1 Å². The van der Waals surface area contributed by atoms with E-state index in [1.165, 1.54) is 18.2 Å². The number of benzene rings is 1. The Hall–Kier alpha value is -2.21. The summed E-state index contributed by atoms with van der Waals surface area (Å²) in [5.41, 5.74) is 1.54. The Morgan fingerprint density at radius 3 is 2.55 bits per heavy atom. The van der Waals surface area contributed by atoms with Gasteiger partial charge in [-0.25, -0.2) is 9.78 Å². The molecule has 5 nitrogen and oxygen atoms in total. The summed E-state index contributed by atoms with van der Waals surface area (Å²) in [4.78, 5) is 26.7. The van der Waals surface area contributed by atoms with E-state index in [9.17, 15) is 9.59 Å². The number of carboxylic acids is 1. The van der Waals surface area contributed by atoms with Crippen LogP contribution in [0.4, 0.5) is 5.69 Å². The van der Waals surface area contributed by atoms with Crippen LogP contribution in [-0.4, -0.2) is 22.0 Å². The zero-order chi connectivity index (χ0) is 14.7. The number of anilines is 1. The molecule has 6 heteroatoms. The summed E-state index contributed by atoms with van der Waals surface area (Å²) in [6.45, 7) is 1.94. The molecule has 0 aliphatic rings. The van der Waals surface area contributed by atoms with Gasteiger partial charge in [-0.1, -0.05) is 12.1 Å². The van der Waals surface area contributed by atoms with Crippen molar-refractivity contribution in [3.8, 4) is 0 Å². The predicted molar refractivity (Wildman–Crippen MR) is 78.0 cm³/mol. The van der Waals surface area contributed by atoms with Gasteiger partial charge >= 0.3 is 5.97 Å². The first-order valence-corrected chi connectivity index (χ1v) is 6.54. The van der Waals surface area contributed by atoms with Gasteiger partial charge in [-0.15, -0.1) is 0 Å². The number of hydrogen-bond acceptors (Lipinski definition) is 3. The number of aromatic carboxylic acids is 1. The van der Waals surface area contributed by atoms with Crippen molar-refractivity contribution in [3.05, 3.63) is 57.8 Å². The molecule has 0 unspecified atom stereocenters. The molecular weight excluding hydrogens is 324 g/mol. The highest BCUT2D eigenvalue weighted by Gasteiger charge is 2.12. The Bertz CT molecular complexity index is 686.